The lowest BCUT2D eigenvalue weighted by Gasteiger charge is -2.44. The van der Waals surface area contributed by atoms with Crippen molar-refractivity contribution in [1.82, 2.24) is 14.5 Å². The summed E-state index contributed by atoms with van der Waals surface area (Å²) < 4.78 is 23.4. The second kappa shape index (κ2) is 34.3. The molecule has 2 rings (SSSR count). The number of rotatable bonds is 41. The lowest BCUT2D eigenvalue weighted by Crippen LogP contribution is -2.55. The van der Waals surface area contributed by atoms with Gasteiger partial charge >= 0.3 is 5.69 Å². The van der Waals surface area contributed by atoms with Gasteiger partial charge in [-0.25, -0.2) is 4.79 Å². The van der Waals surface area contributed by atoms with Crippen LogP contribution in [0.1, 0.15) is 267 Å². The van der Waals surface area contributed by atoms with E-state index in [-0.39, 0.29) is 22.3 Å². The van der Waals surface area contributed by atoms with Crippen molar-refractivity contribution in [2.45, 2.75) is 322 Å². The highest BCUT2D eigenvalue weighted by Gasteiger charge is 2.54. The SMILES string of the molecule is CCCCCCCCCCCCCCCCCCN(CCCCCCCCCCCCCCCCCC)C[C@H]1O[C@@H](n2ccc(=O)[nH]c2=O)[C@H](O[Si](C)(C)C(C)(C)C)[C@@H]1O[Si](C)(C)C(C)(C)C. The Balaban J connectivity index is 2.10. The van der Waals surface area contributed by atoms with Crippen LogP contribution in [0.25, 0.3) is 0 Å². The Morgan fingerprint density at radius 2 is 0.836 bits per heavy atom. The van der Waals surface area contributed by atoms with Gasteiger partial charge in [0, 0.05) is 18.8 Å². The van der Waals surface area contributed by atoms with Crippen molar-refractivity contribution in [2.75, 3.05) is 19.6 Å². The zero-order valence-electron chi connectivity index (χ0n) is 46.6. The molecule has 0 aromatic carbocycles. The van der Waals surface area contributed by atoms with Crippen LogP contribution in [-0.2, 0) is 13.6 Å². The third-order valence-electron chi connectivity index (χ3n) is 16.0. The fourth-order valence-electron chi connectivity index (χ4n) is 9.32. The molecule has 0 bridgehead atoms. The average Bonchev–Trinajstić information content (AvgIpc) is 3.55. The van der Waals surface area contributed by atoms with Gasteiger partial charge in [-0.15, -0.1) is 0 Å². The van der Waals surface area contributed by atoms with Crippen molar-refractivity contribution in [3.8, 4) is 0 Å². The molecular weight excluding hydrogens is 863 g/mol. The van der Waals surface area contributed by atoms with Gasteiger partial charge in [0.2, 0.25) is 0 Å². The van der Waals surface area contributed by atoms with Gasteiger partial charge in [-0.2, -0.15) is 0 Å². The van der Waals surface area contributed by atoms with Gasteiger partial charge in [-0.1, -0.05) is 248 Å². The van der Waals surface area contributed by atoms with Crippen LogP contribution >= 0.6 is 0 Å². The van der Waals surface area contributed by atoms with Gasteiger partial charge in [-0.3, -0.25) is 14.3 Å². The van der Waals surface area contributed by atoms with Gasteiger partial charge in [0.15, 0.2) is 22.9 Å². The molecule has 1 aromatic rings. The number of nitrogens with zero attached hydrogens (tertiary/aromatic N) is 2. The van der Waals surface area contributed by atoms with Gasteiger partial charge in [0.1, 0.15) is 18.3 Å². The maximum atomic E-state index is 13.5. The molecule has 1 aliphatic heterocycles. The maximum Gasteiger partial charge on any atom is 0.330 e. The molecule has 1 fully saturated rings. The van der Waals surface area contributed by atoms with Gasteiger partial charge in [0.25, 0.3) is 5.56 Å². The van der Waals surface area contributed by atoms with E-state index in [0.29, 0.717) is 0 Å². The number of aromatic nitrogens is 2. The van der Waals surface area contributed by atoms with Crippen molar-refractivity contribution >= 4 is 16.6 Å². The van der Waals surface area contributed by atoms with Crippen LogP contribution in [0.4, 0.5) is 0 Å². The Morgan fingerprint density at radius 3 is 1.15 bits per heavy atom. The first kappa shape index (κ1) is 62.1. The van der Waals surface area contributed by atoms with Gasteiger partial charge < -0.3 is 18.5 Å². The second-order valence-corrected chi connectivity index (χ2v) is 33.7. The minimum atomic E-state index is -2.36. The van der Waals surface area contributed by atoms with Crippen LogP contribution in [0.15, 0.2) is 21.9 Å². The summed E-state index contributed by atoms with van der Waals surface area (Å²) in [5.74, 6) is 0. The Morgan fingerprint density at radius 1 is 0.522 bits per heavy atom. The Kier molecular flexibility index (Phi) is 31.8. The molecule has 2 heterocycles. The van der Waals surface area contributed by atoms with Crippen LogP contribution in [0, 0.1) is 0 Å². The Bertz CT molecular complexity index is 1450. The molecule has 1 aromatic heterocycles. The van der Waals surface area contributed by atoms with Crippen molar-refractivity contribution in [1.29, 1.82) is 0 Å². The number of ether oxygens (including phenoxy) is 1. The fourth-order valence-corrected chi connectivity index (χ4v) is 11.9. The summed E-state index contributed by atoms with van der Waals surface area (Å²) in [4.78, 5) is 31.0. The van der Waals surface area contributed by atoms with Crippen LogP contribution in [0.3, 0.4) is 0 Å². The standard InChI is InChI=1S/C57H113N3O5Si2/c1-13-15-17-19-21-23-25-27-29-31-33-35-37-39-41-43-46-59(47-44-42-40-38-36-34-32-30-28-26-24-22-20-18-16-14-2)49-50-52(64-66(9,10)56(3,4)5)53(65-67(11,12)57(6,7)8)54(63-50)60-48-45-51(61)58-55(60)62/h45,48,50,52-54H,13-44,46-47,49H2,1-12H3,(H,58,61,62)/t50-,52-,53-,54-/m1/s1. The number of hydrogen-bond donors (Lipinski definition) is 1. The predicted octanol–water partition coefficient (Wildman–Crippen LogP) is 17.0. The second-order valence-electron chi connectivity index (χ2n) is 24.2. The lowest BCUT2D eigenvalue weighted by molar-refractivity contribution is -0.0463. The molecule has 0 radical (unpaired) electrons. The molecule has 1 aliphatic rings. The van der Waals surface area contributed by atoms with Crippen LogP contribution < -0.4 is 11.2 Å². The molecule has 0 aliphatic carbocycles. The van der Waals surface area contributed by atoms with Crippen molar-refractivity contribution in [2.24, 2.45) is 0 Å². The van der Waals surface area contributed by atoms with Gasteiger partial charge in [0.05, 0.1) is 0 Å². The normalized spacial score (nSPS) is 18.5. The molecule has 0 spiro atoms. The summed E-state index contributed by atoms with van der Waals surface area (Å²) in [6, 6.07) is 1.42. The summed E-state index contributed by atoms with van der Waals surface area (Å²) in [5, 5.41) is -0.0770. The molecule has 8 nitrogen and oxygen atoms in total. The lowest BCUT2D eigenvalue weighted by atomic mass is 10.0. The largest absolute Gasteiger partial charge is 0.408 e. The summed E-state index contributed by atoms with van der Waals surface area (Å²) in [5.41, 5.74) is -0.873. The quantitative estimate of drug-likeness (QED) is 0.0520. The van der Waals surface area contributed by atoms with Crippen LogP contribution in [0.5, 0.6) is 0 Å². The first-order valence-corrected chi connectivity index (χ1v) is 34.7. The zero-order valence-corrected chi connectivity index (χ0v) is 48.6. The van der Waals surface area contributed by atoms with E-state index < -0.39 is 40.2 Å². The van der Waals surface area contributed by atoms with E-state index in [4.69, 9.17) is 13.6 Å². The van der Waals surface area contributed by atoms with E-state index >= 15 is 0 Å². The van der Waals surface area contributed by atoms with E-state index in [1.165, 1.54) is 212 Å². The summed E-state index contributed by atoms with van der Waals surface area (Å²) >= 11 is 0. The fraction of sp³-hybridized carbons (Fsp3) is 0.930. The molecule has 0 saturated carbocycles. The third-order valence-corrected chi connectivity index (χ3v) is 24.9. The van der Waals surface area contributed by atoms with Crippen molar-refractivity contribution < 1.29 is 13.6 Å². The topological polar surface area (TPSA) is 85.8 Å². The predicted molar refractivity (Wildman–Crippen MR) is 295 cm³/mol. The number of H-pyrrole nitrogens is 1. The molecule has 4 atom stereocenters. The maximum absolute atomic E-state index is 13.5. The van der Waals surface area contributed by atoms with E-state index in [1.54, 1.807) is 10.8 Å². The number of hydrogen-bond acceptors (Lipinski definition) is 6. The molecule has 67 heavy (non-hydrogen) atoms. The molecule has 394 valence electrons. The van der Waals surface area contributed by atoms with E-state index in [9.17, 15) is 9.59 Å². The molecule has 10 heteroatoms. The summed E-state index contributed by atoms with van der Waals surface area (Å²) in [6.07, 6.45) is 43.6. The molecule has 1 saturated heterocycles. The smallest absolute Gasteiger partial charge is 0.330 e. The minimum absolute atomic E-state index is 0.0211. The number of unbranched alkanes of at least 4 members (excludes halogenated alkanes) is 30. The Hall–Kier alpha value is -1.05. The van der Waals surface area contributed by atoms with Crippen LogP contribution in [0.2, 0.25) is 36.3 Å². The van der Waals surface area contributed by atoms with E-state index in [0.717, 1.165) is 19.6 Å². The van der Waals surface area contributed by atoms with Crippen molar-refractivity contribution in [3.63, 3.8) is 0 Å². The zero-order chi connectivity index (χ0) is 49.6. The summed E-state index contributed by atoms with van der Waals surface area (Å²) in [6.45, 7) is 30.3. The first-order chi connectivity index (χ1) is 31.8. The third kappa shape index (κ3) is 25.8. The Labute approximate surface area is 417 Å². The monoisotopic (exact) mass is 976 g/mol. The molecule has 0 amide bonds. The highest BCUT2D eigenvalue weighted by atomic mass is 28.4. The molecule has 1 N–H and O–H groups in total. The average molecular weight is 977 g/mol. The highest BCUT2D eigenvalue weighted by Crippen LogP contribution is 2.45. The number of aromatic amines is 1. The minimum Gasteiger partial charge on any atom is -0.408 e. The summed E-state index contributed by atoms with van der Waals surface area (Å²) in [7, 11) is -4.68. The van der Waals surface area contributed by atoms with E-state index in [2.05, 4.69) is 91.5 Å². The highest BCUT2D eigenvalue weighted by molar-refractivity contribution is 6.74. The first-order valence-electron chi connectivity index (χ1n) is 28.9. The number of nitrogens with one attached hydrogen (secondary N) is 1. The van der Waals surface area contributed by atoms with Crippen molar-refractivity contribution in [3.05, 3.63) is 33.1 Å². The van der Waals surface area contributed by atoms with Crippen LogP contribution in [-0.4, -0.2) is 69.0 Å². The van der Waals surface area contributed by atoms with E-state index in [1.807, 2.05) is 0 Å². The molecule has 0 unspecified atom stereocenters. The molecular formula is C57H113N3O5Si2. The van der Waals surface area contributed by atoms with Gasteiger partial charge in [-0.05, 0) is 62.2 Å².